The fraction of sp³-hybridized carbons (Fsp3) is 0.250. The highest BCUT2D eigenvalue weighted by molar-refractivity contribution is 5.95. The van der Waals surface area contributed by atoms with E-state index in [-0.39, 0.29) is 11.5 Å². The maximum atomic E-state index is 13.8. The van der Waals surface area contributed by atoms with Gasteiger partial charge in [-0.3, -0.25) is 14.2 Å². The summed E-state index contributed by atoms with van der Waals surface area (Å²) in [6, 6.07) is 18.9. The summed E-state index contributed by atoms with van der Waals surface area (Å²) in [7, 11) is 4.63. The quantitative estimate of drug-likeness (QED) is 0.360. The standard InChI is InChI=1S/C28H29N3O5/c1-6-30(27(32)19-15-20(34-3)17-21(16-19)35-4)18(2)26-29-23-12-8-7-11-22(23)28(33)31(26)24-13-9-10-14-25(24)36-5/h7-18H,6H2,1-5H3. The van der Waals surface area contributed by atoms with Crippen LogP contribution < -0.4 is 19.8 Å². The van der Waals surface area contributed by atoms with Crippen LogP contribution in [0, 0.1) is 0 Å². The second kappa shape index (κ2) is 10.5. The van der Waals surface area contributed by atoms with Crippen LogP contribution in [0.1, 0.15) is 36.1 Å². The van der Waals surface area contributed by atoms with Gasteiger partial charge in [0.05, 0.1) is 44.0 Å². The van der Waals surface area contributed by atoms with Gasteiger partial charge in [0.1, 0.15) is 23.1 Å². The van der Waals surface area contributed by atoms with Crippen LogP contribution in [0.3, 0.4) is 0 Å². The van der Waals surface area contributed by atoms with E-state index in [0.29, 0.717) is 51.8 Å². The molecule has 0 aliphatic rings. The second-order valence-electron chi connectivity index (χ2n) is 8.17. The third kappa shape index (κ3) is 4.49. The number of benzene rings is 3. The van der Waals surface area contributed by atoms with Crippen LogP contribution >= 0.6 is 0 Å². The molecule has 1 unspecified atom stereocenters. The van der Waals surface area contributed by atoms with Crippen molar-refractivity contribution in [2.45, 2.75) is 19.9 Å². The number of methoxy groups -OCH3 is 3. The minimum Gasteiger partial charge on any atom is -0.497 e. The molecular weight excluding hydrogens is 458 g/mol. The number of carbonyl (C=O) groups is 1. The van der Waals surface area contributed by atoms with Crippen molar-refractivity contribution in [3.63, 3.8) is 0 Å². The Morgan fingerprint density at radius 3 is 2.22 bits per heavy atom. The van der Waals surface area contributed by atoms with Gasteiger partial charge < -0.3 is 19.1 Å². The summed E-state index contributed by atoms with van der Waals surface area (Å²) in [5.74, 6) is 1.73. The molecule has 0 saturated carbocycles. The third-order valence-electron chi connectivity index (χ3n) is 6.17. The number of ether oxygens (including phenoxy) is 3. The number of nitrogens with zero attached hydrogens (tertiary/aromatic N) is 3. The van der Waals surface area contributed by atoms with Gasteiger partial charge in [-0.1, -0.05) is 24.3 Å². The van der Waals surface area contributed by atoms with Crippen molar-refractivity contribution in [3.05, 3.63) is 88.5 Å². The molecule has 0 spiro atoms. The zero-order valence-corrected chi connectivity index (χ0v) is 21.0. The third-order valence-corrected chi connectivity index (χ3v) is 6.17. The molecule has 1 atom stereocenters. The van der Waals surface area contributed by atoms with E-state index in [9.17, 15) is 9.59 Å². The molecule has 1 heterocycles. The Kier molecular flexibility index (Phi) is 7.24. The van der Waals surface area contributed by atoms with Gasteiger partial charge >= 0.3 is 0 Å². The van der Waals surface area contributed by atoms with Crippen molar-refractivity contribution in [3.8, 4) is 22.9 Å². The largest absolute Gasteiger partial charge is 0.497 e. The maximum absolute atomic E-state index is 13.8. The molecule has 8 nitrogen and oxygen atoms in total. The van der Waals surface area contributed by atoms with Gasteiger partial charge in [0, 0.05) is 18.2 Å². The Morgan fingerprint density at radius 1 is 0.944 bits per heavy atom. The summed E-state index contributed by atoms with van der Waals surface area (Å²) < 4.78 is 17.8. The van der Waals surface area contributed by atoms with Crippen molar-refractivity contribution in [2.75, 3.05) is 27.9 Å². The number of fused-ring (bicyclic) bond motifs is 1. The molecule has 0 aliphatic heterocycles. The Bertz CT molecular complexity index is 1440. The highest BCUT2D eigenvalue weighted by Gasteiger charge is 2.28. The number of para-hydroxylation sites is 3. The lowest BCUT2D eigenvalue weighted by atomic mass is 10.1. The molecule has 0 aliphatic carbocycles. The summed E-state index contributed by atoms with van der Waals surface area (Å²) in [5.41, 5.74) is 1.28. The predicted molar refractivity (Wildman–Crippen MR) is 139 cm³/mol. The van der Waals surface area contributed by atoms with Crippen LogP contribution in [-0.2, 0) is 0 Å². The van der Waals surface area contributed by atoms with E-state index >= 15 is 0 Å². The molecule has 0 saturated heterocycles. The maximum Gasteiger partial charge on any atom is 0.266 e. The van der Waals surface area contributed by atoms with Crippen molar-refractivity contribution >= 4 is 16.8 Å². The average Bonchev–Trinajstić information content (AvgIpc) is 2.92. The second-order valence-corrected chi connectivity index (χ2v) is 8.17. The Morgan fingerprint density at radius 2 is 1.58 bits per heavy atom. The Balaban J connectivity index is 1.91. The highest BCUT2D eigenvalue weighted by atomic mass is 16.5. The van der Waals surface area contributed by atoms with Gasteiger partial charge in [0.25, 0.3) is 11.5 Å². The molecule has 0 bridgehead atoms. The average molecular weight is 488 g/mol. The van der Waals surface area contributed by atoms with Crippen LogP contribution in [0.4, 0.5) is 0 Å². The van der Waals surface area contributed by atoms with Gasteiger partial charge in [-0.15, -0.1) is 0 Å². The van der Waals surface area contributed by atoms with E-state index in [2.05, 4.69) is 0 Å². The molecule has 4 aromatic rings. The van der Waals surface area contributed by atoms with E-state index in [0.717, 1.165) is 0 Å². The van der Waals surface area contributed by atoms with Crippen molar-refractivity contribution in [1.29, 1.82) is 0 Å². The number of hydrogen-bond donors (Lipinski definition) is 0. The monoisotopic (exact) mass is 487 g/mol. The molecule has 1 aromatic heterocycles. The minimum atomic E-state index is -0.554. The van der Waals surface area contributed by atoms with Gasteiger partial charge in [-0.05, 0) is 50.2 Å². The van der Waals surface area contributed by atoms with Gasteiger partial charge in [-0.2, -0.15) is 0 Å². The fourth-order valence-electron chi connectivity index (χ4n) is 4.31. The van der Waals surface area contributed by atoms with Gasteiger partial charge in [-0.25, -0.2) is 4.98 Å². The predicted octanol–water partition coefficient (Wildman–Crippen LogP) is 4.63. The zero-order valence-electron chi connectivity index (χ0n) is 21.0. The summed E-state index contributed by atoms with van der Waals surface area (Å²) in [4.78, 5) is 34.0. The molecular formula is C28H29N3O5. The number of amides is 1. The van der Waals surface area contributed by atoms with Crippen molar-refractivity contribution in [2.24, 2.45) is 0 Å². The van der Waals surface area contributed by atoms with E-state index < -0.39 is 6.04 Å². The van der Waals surface area contributed by atoms with Gasteiger partial charge in [0.2, 0.25) is 0 Å². The lowest BCUT2D eigenvalue weighted by Crippen LogP contribution is -2.37. The first-order valence-corrected chi connectivity index (χ1v) is 11.6. The normalized spacial score (nSPS) is 11.7. The van der Waals surface area contributed by atoms with Crippen LogP contribution in [-0.4, -0.2) is 48.2 Å². The molecule has 1 amide bonds. The lowest BCUT2D eigenvalue weighted by Gasteiger charge is -2.30. The number of rotatable bonds is 8. The van der Waals surface area contributed by atoms with Crippen molar-refractivity contribution < 1.29 is 19.0 Å². The summed E-state index contributed by atoms with van der Waals surface area (Å²) in [6.07, 6.45) is 0. The van der Waals surface area contributed by atoms with Crippen LogP contribution in [0.2, 0.25) is 0 Å². The minimum absolute atomic E-state index is 0.237. The molecule has 3 aromatic carbocycles. The first kappa shape index (κ1) is 24.8. The van der Waals surface area contributed by atoms with E-state index in [4.69, 9.17) is 19.2 Å². The number of hydrogen-bond acceptors (Lipinski definition) is 6. The molecule has 0 radical (unpaired) electrons. The molecule has 0 fully saturated rings. The van der Waals surface area contributed by atoms with Gasteiger partial charge in [0.15, 0.2) is 0 Å². The first-order chi connectivity index (χ1) is 17.4. The molecule has 186 valence electrons. The molecule has 0 N–H and O–H groups in total. The number of aromatic nitrogens is 2. The molecule has 8 heteroatoms. The molecule has 4 rings (SSSR count). The zero-order chi connectivity index (χ0) is 25.8. The summed E-state index contributed by atoms with van der Waals surface area (Å²) in [5, 5.41) is 0.478. The summed E-state index contributed by atoms with van der Waals surface area (Å²) >= 11 is 0. The smallest absolute Gasteiger partial charge is 0.266 e. The first-order valence-electron chi connectivity index (χ1n) is 11.6. The van der Waals surface area contributed by atoms with E-state index in [1.54, 1.807) is 60.5 Å². The van der Waals surface area contributed by atoms with Crippen LogP contribution in [0.5, 0.6) is 17.2 Å². The van der Waals surface area contributed by atoms with Crippen molar-refractivity contribution in [1.82, 2.24) is 14.5 Å². The van der Waals surface area contributed by atoms with Crippen LogP contribution in [0.15, 0.2) is 71.5 Å². The van der Waals surface area contributed by atoms with Crippen LogP contribution in [0.25, 0.3) is 16.6 Å². The lowest BCUT2D eigenvalue weighted by molar-refractivity contribution is 0.0692. The Labute approximate surface area is 209 Å². The van der Waals surface area contributed by atoms with E-state index in [1.165, 1.54) is 18.8 Å². The fourth-order valence-corrected chi connectivity index (χ4v) is 4.31. The summed E-state index contributed by atoms with van der Waals surface area (Å²) in [6.45, 7) is 4.13. The molecule has 36 heavy (non-hydrogen) atoms. The Hall–Kier alpha value is -4.33. The SMILES string of the molecule is CCN(C(=O)c1cc(OC)cc(OC)c1)C(C)c1nc2ccccc2c(=O)n1-c1ccccc1OC. The number of carbonyl (C=O) groups excluding carboxylic acids is 1. The van der Waals surface area contributed by atoms with E-state index in [1.807, 2.05) is 32.0 Å². The highest BCUT2D eigenvalue weighted by Crippen LogP contribution is 2.30. The topological polar surface area (TPSA) is 82.9 Å².